The highest BCUT2D eigenvalue weighted by molar-refractivity contribution is 5.77. The number of aliphatic hydroxyl groups is 1. The number of ether oxygens (including phenoxy) is 1. The highest BCUT2D eigenvalue weighted by Gasteiger charge is 2.24. The van der Waals surface area contributed by atoms with Crippen LogP contribution in [0.5, 0.6) is 0 Å². The van der Waals surface area contributed by atoms with Crippen molar-refractivity contribution in [2.24, 2.45) is 0 Å². The van der Waals surface area contributed by atoms with Gasteiger partial charge in [0.05, 0.1) is 12.1 Å². The molecule has 0 aliphatic rings. The van der Waals surface area contributed by atoms with E-state index in [9.17, 15) is 23.5 Å². The minimum Gasteiger partial charge on any atom is -0.391 e. The van der Waals surface area contributed by atoms with Crippen LogP contribution in [0, 0.1) is 11.6 Å². The number of nitrogens with one attached hydrogen (secondary N) is 2. The summed E-state index contributed by atoms with van der Waals surface area (Å²) in [5.74, 6) is -2.13. The number of amides is 2. The van der Waals surface area contributed by atoms with Crippen LogP contribution in [0.15, 0.2) is 18.2 Å². The summed E-state index contributed by atoms with van der Waals surface area (Å²) < 4.78 is 31.9. The fourth-order valence-corrected chi connectivity index (χ4v) is 2.74. The molecule has 1 aromatic rings. The molecule has 3 N–H and O–H groups in total. The number of hydrogen-bond acceptors (Lipinski definition) is 4. The number of aliphatic hydroxyl groups excluding tert-OH is 1. The molecule has 0 aromatic heterocycles. The molecule has 0 heterocycles. The lowest BCUT2D eigenvalue weighted by Gasteiger charge is -2.26. The average Bonchev–Trinajstić information content (AvgIpc) is 2.52. The van der Waals surface area contributed by atoms with Crippen LogP contribution in [0.2, 0.25) is 0 Å². The SMILES string of the molecule is CCCOCC(=O)NC(C)C[C@H](O)[C@H](Cc1cc(F)cc(F)c1)NC(C)=O. The smallest absolute Gasteiger partial charge is 0.246 e. The monoisotopic (exact) mass is 386 g/mol. The first-order chi connectivity index (χ1) is 12.7. The van der Waals surface area contributed by atoms with Crippen LogP contribution in [-0.4, -0.2) is 48.3 Å². The van der Waals surface area contributed by atoms with Gasteiger partial charge in [0.2, 0.25) is 11.8 Å². The summed E-state index contributed by atoms with van der Waals surface area (Å²) in [5.41, 5.74) is 0.315. The van der Waals surface area contributed by atoms with Gasteiger partial charge in [-0.05, 0) is 43.9 Å². The van der Waals surface area contributed by atoms with Crippen molar-refractivity contribution < 1.29 is 28.2 Å². The second kappa shape index (κ2) is 11.6. The Morgan fingerprint density at radius 1 is 1.19 bits per heavy atom. The molecule has 1 aromatic carbocycles. The molecule has 0 aliphatic heterocycles. The molecule has 2 amide bonds. The van der Waals surface area contributed by atoms with Crippen molar-refractivity contribution in [1.82, 2.24) is 10.6 Å². The van der Waals surface area contributed by atoms with E-state index in [0.717, 1.165) is 24.6 Å². The standard InChI is InChI=1S/C19H28F2N2O4/c1-4-5-27-11-19(26)22-12(2)6-18(25)17(23-13(3)24)9-14-7-15(20)10-16(21)8-14/h7-8,10,12,17-18,25H,4-6,9,11H2,1-3H3,(H,22,26)(H,23,24)/t12?,17-,18-/m0/s1. The van der Waals surface area contributed by atoms with Crippen molar-refractivity contribution >= 4 is 11.8 Å². The van der Waals surface area contributed by atoms with Gasteiger partial charge in [-0.15, -0.1) is 0 Å². The Kier molecular flexibility index (Phi) is 9.88. The molecular weight excluding hydrogens is 358 g/mol. The summed E-state index contributed by atoms with van der Waals surface area (Å²) in [6.07, 6.45) is -0.00873. The second-order valence-electron chi connectivity index (χ2n) is 6.61. The summed E-state index contributed by atoms with van der Waals surface area (Å²) in [6.45, 7) is 5.37. The van der Waals surface area contributed by atoms with E-state index >= 15 is 0 Å². The molecule has 152 valence electrons. The minimum atomic E-state index is -1.02. The lowest BCUT2D eigenvalue weighted by atomic mass is 9.96. The maximum absolute atomic E-state index is 13.4. The fourth-order valence-electron chi connectivity index (χ4n) is 2.74. The predicted molar refractivity (Wildman–Crippen MR) is 97.0 cm³/mol. The number of benzene rings is 1. The molecule has 0 aliphatic carbocycles. The van der Waals surface area contributed by atoms with E-state index in [1.54, 1.807) is 6.92 Å². The third-order valence-electron chi connectivity index (χ3n) is 3.82. The maximum Gasteiger partial charge on any atom is 0.246 e. The third kappa shape index (κ3) is 9.44. The molecule has 1 rings (SSSR count). The minimum absolute atomic E-state index is 0.0513. The molecule has 8 heteroatoms. The van der Waals surface area contributed by atoms with Crippen LogP contribution >= 0.6 is 0 Å². The normalized spacial score (nSPS) is 14.3. The lowest BCUT2D eigenvalue weighted by molar-refractivity contribution is -0.126. The molecule has 0 bridgehead atoms. The molecule has 1 unspecified atom stereocenters. The van der Waals surface area contributed by atoms with Crippen LogP contribution in [0.1, 0.15) is 39.2 Å². The molecule has 6 nitrogen and oxygen atoms in total. The summed E-state index contributed by atoms with van der Waals surface area (Å²) >= 11 is 0. The van der Waals surface area contributed by atoms with Gasteiger partial charge in [-0.3, -0.25) is 9.59 Å². The van der Waals surface area contributed by atoms with E-state index in [0.29, 0.717) is 12.2 Å². The highest BCUT2D eigenvalue weighted by atomic mass is 19.1. The molecule has 3 atom stereocenters. The molecular formula is C19H28F2N2O4. The zero-order valence-corrected chi connectivity index (χ0v) is 15.9. The summed E-state index contributed by atoms with van der Waals surface area (Å²) in [6, 6.07) is 1.94. The summed E-state index contributed by atoms with van der Waals surface area (Å²) in [7, 11) is 0. The van der Waals surface area contributed by atoms with Crippen LogP contribution in [0.4, 0.5) is 8.78 Å². The van der Waals surface area contributed by atoms with Gasteiger partial charge in [-0.25, -0.2) is 8.78 Å². The topological polar surface area (TPSA) is 87.7 Å². The van der Waals surface area contributed by atoms with Crippen LogP contribution in [0.25, 0.3) is 0 Å². The maximum atomic E-state index is 13.4. The van der Waals surface area contributed by atoms with Gasteiger partial charge in [-0.2, -0.15) is 0 Å². The number of carbonyl (C=O) groups excluding carboxylic acids is 2. The molecule has 0 spiro atoms. The van der Waals surface area contributed by atoms with Crippen LogP contribution < -0.4 is 10.6 Å². The molecule has 0 fully saturated rings. The summed E-state index contributed by atoms with van der Waals surface area (Å²) in [4.78, 5) is 23.2. The third-order valence-corrected chi connectivity index (χ3v) is 3.82. The van der Waals surface area contributed by atoms with Gasteiger partial charge < -0.3 is 20.5 Å². The molecule has 0 saturated heterocycles. The van der Waals surface area contributed by atoms with Crippen LogP contribution in [0.3, 0.4) is 0 Å². The Balaban J connectivity index is 2.67. The molecule has 27 heavy (non-hydrogen) atoms. The van der Waals surface area contributed by atoms with E-state index in [4.69, 9.17) is 4.74 Å². The first-order valence-electron chi connectivity index (χ1n) is 8.98. The quantitative estimate of drug-likeness (QED) is 0.505. The largest absolute Gasteiger partial charge is 0.391 e. The summed E-state index contributed by atoms with van der Waals surface area (Å²) in [5, 5.41) is 15.8. The molecule has 0 saturated carbocycles. The van der Waals surface area contributed by atoms with Gasteiger partial charge in [0.25, 0.3) is 0 Å². The van der Waals surface area contributed by atoms with Crippen molar-refractivity contribution in [3.05, 3.63) is 35.4 Å². The van der Waals surface area contributed by atoms with Crippen molar-refractivity contribution in [1.29, 1.82) is 0 Å². The number of hydrogen-bond donors (Lipinski definition) is 3. The van der Waals surface area contributed by atoms with Crippen LogP contribution in [-0.2, 0) is 20.7 Å². The van der Waals surface area contributed by atoms with Crippen molar-refractivity contribution in [3.8, 4) is 0 Å². The van der Waals surface area contributed by atoms with Crippen molar-refractivity contribution in [2.45, 2.75) is 58.2 Å². The van der Waals surface area contributed by atoms with Gasteiger partial charge >= 0.3 is 0 Å². The lowest BCUT2D eigenvalue weighted by Crippen LogP contribution is -2.47. The van der Waals surface area contributed by atoms with E-state index in [1.807, 2.05) is 6.92 Å². The van der Waals surface area contributed by atoms with E-state index in [2.05, 4.69) is 10.6 Å². The zero-order chi connectivity index (χ0) is 20.4. The highest BCUT2D eigenvalue weighted by Crippen LogP contribution is 2.14. The van der Waals surface area contributed by atoms with Gasteiger partial charge in [0.1, 0.15) is 18.2 Å². The Morgan fingerprint density at radius 2 is 1.81 bits per heavy atom. The van der Waals surface area contributed by atoms with Gasteiger partial charge in [0.15, 0.2) is 0 Å². The Bertz CT molecular complexity index is 607. The van der Waals surface area contributed by atoms with Crippen molar-refractivity contribution in [3.63, 3.8) is 0 Å². The first-order valence-corrected chi connectivity index (χ1v) is 8.98. The Labute approximate surface area is 158 Å². The Morgan fingerprint density at radius 3 is 2.37 bits per heavy atom. The van der Waals surface area contributed by atoms with E-state index < -0.39 is 23.8 Å². The number of carbonyl (C=O) groups is 2. The van der Waals surface area contributed by atoms with Crippen molar-refractivity contribution in [2.75, 3.05) is 13.2 Å². The zero-order valence-electron chi connectivity index (χ0n) is 15.9. The fraction of sp³-hybridized carbons (Fsp3) is 0.579. The van der Waals surface area contributed by atoms with E-state index in [-0.39, 0.29) is 37.3 Å². The van der Waals surface area contributed by atoms with E-state index in [1.165, 1.54) is 6.92 Å². The second-order valence-corrected chi connectivity index (χ2v) is 6.61. The number of rotatable bonds is 11. The first kappa shape index (κ1) is 23.0. The van der Waals surface area contributed by atoms with Gasteiger partial charge in [-0.1, -0.05) is 6.92 Å². The molecule has 0 radical (unpaired) electrons. The number of halogens is 2. The Hall–Kier alpha value is -2.06. The average molecular weight is 386 g/mol. The van der Waals surface area contributed by atoms with Gasteiger partial charge in [0, 0.05) is 25.6 Å². The predicted octanol–water partition coefficient (Wildman–Crippen LogP) is 1.69.